The molecule has 0 bridgehead atoms. The fraction of sp³-hybridized carbons (Fsp3) is 0.729. The monoisotopic (exact) mass is 724 g/mol. The van der Waals surface area contributed by atoms with E-state index in [1.54, 1.807) is 6.08 Å². The molecule has 0 radical (unpaired) electrons. The molecule has 2 unspecified atom stereocenters. The molecule has 300 valence electrons. The van der Waals surface area contributed by atoms with Gasteiger partial charge in [-0.3, -0.25) is 4.79 Å². The molecule has 0 aromatic carbocycles. The molecule has 0 fully saturated rings. The summed E-state index contributed by atoms with van der Waals surface area (Å²) in [6, 6.07) is -0.680. The van der Waals surface area contributed by atoms with Crippen LogP contribution in [0.1, 0.15) is 206 Å². The summed E-state index contributed by atoms with van der Waals surface area (Å²) in [5, 5.41) is 22.9. The highest BCUT2D eigenvalue weighted by Crippen LogP contribution is 2.16. The molecule has 0 rings (SSSR count). The minimum absolute atomic E-state index is 0.192. The second-order valence-electron chi connectivity index (χ2n) is 14.8. The molecule has 0 aromatic rings. The summed E-state index contributed by atoms with van der Waals surface area (Å²) < 4.78 is 0. The first-order valence-corrected chi connectivity index (χ1v) is 22.2. The summed E-state index contributed by atoms with van der Waals surface area (Å²) in [6.07, 6.45) is 61.9. The van der Waals surface area contributed by atoms with Crippen molar-refractivity contribution in [2.75, 3.05) is 6.61 Å². The van der Waals surface area contributed by atoms with E-state index in [0.717, 1.165) is 44.9 Å². The Morgan fingerprint density at radius 1 is 0.481 bits per heavy atom. The topological polar surface area (TPSA) is 69.6 Å². The van der Waals surface area contributed by atoms with Gasteiger partial charge >= 0.3 is 0 Å². The third-order valence-corrected chi connectivity index (χ3v) is 9.72. The molecule has 0 aliphatic rings. The van der Waals surface area contributed by atoms with E-state index in [1.807, 2.05) is 18.2 Å². The Kier molecular flexibility index (Phi) is 41.4. The molecule has 0 aromatic heterocycles. The number of unbranched alkanes of at least 4 members (excludes halogenated alkanes) is 23. The van der Waals surface area contributed by atoms with Crippen LogP contribution in [0.3, 0.4) is 0 Å². The smallest absolute Gasteiger partial charge is 0.224 e. The Hall–Kier alpha value is -2.17. The maximum atomic E-state index is 12.3. The lowest BCUT2D eigenvalue weighted by Crippen LogP contribution is -2.44. The van der Waals surface area contributed by atoms with Crippen LogP contribution in [-0.4, -0.2) is 34.9 Å². The number of nitrogens with one attached hydrogen (secondary N) is 1. The number of aliphatic hydroxyl groups excluding tert-OH is 2. The molecule has 52 heavy (non-hydrogen) atoms. The molecule has 0 spiro atoms. The molecule has 2 atom stereocenters. The van der Waals surface area contributed by atoms with Gasteiger partial charge in [0.2, 0.25) is 5.91 Å². The second-order valence-corrected chi connectivity index (χ2v) is 14.8. The Bertz CT molecular complexity index is 915. The average molecular weight is 724 g/mol. The summed E-state index contributed by atoms with van der Waals surface area (Å²) in [5.74, 6) is -0.192. The van der Waals surface area contributed by atoms with E-state index in [-0.39, 0.29) is 18.9 Å². The van der Waals surface area contributed by atoms with Gasteiger partial charge < -0.3 is 15.5 Å². The zero-order chi connectivity index (χ0) is 37.8. The van der Waals surface area contributed by atoms with Gasteiger partial charge in [-0.25, -0.2) is 0 Å². The second kappa shape index (κ2) is 43.2. The van der Waals surface area contributed by atoms with Crippen LogP contribution in [0.5, 0.6) is 0 Å². The van der Waals surface area contributed by atoms with E-state index in [0.29, 0.717) is 0 Å². The van der Waals surface area contributed by atoms with Gasteiger partial charge in [-0.15, -0.1) is 0 Å². The quantitative estimate of drug-likeness (QED) is 0.0437. The Morgan fingerprint density at radius 3 is 1.19 bits per heavy atom. The van der Waals surface area contributed by atoms with Crippen LogP contribution < -0.4 is 5.32 Å². The van der Waals surface area contributed by atoms with E-state index < -0.39 is 12.1 Å². The molecular formula is C48H85NO3. The number of hydrogen-bond donors (Lipinski definition) is 3. The predicted molar refractivity (Wildman–Crippen MR) is 230 cm³/mol. The minimum Gasteiger partial charge on any atom is -0.394 e. The summed E-state index contributed by atoms with van der Waals surface area (Å²) in [7, 11) is 0. The van der Waals surface area contributed by atoms with E-state index in [9.17, 15) is 15.0 Å². The van der Waals surface area contributed by atoms with Crippen molar-refractivity contribution >= 4 is 5.91 Å². The standard InChI is InChI=1S/C48H85NO3/c1-3-5-7-9-11-13-15-17-19-20-21-22-23-24-25-26-27-28-30-31-33-35-37-39-41-43-47(51)46(45-50)49-48(52)44-42-40-38-36-34-32-29-18-16-14-12-10-8-6-4-2/h6,8,12,14,18,29,34,36,40-43,46-47,50-51H,3-5,7,9-11,13,15-17,19-28,30-33,35,37-39,44-45H2,1-2H3,(H,49,52)/b8-6-,14-12-,29-18-,36-34-,42-40-,43-41+. The molecule has 1 amide bonds. The van der Waals surface area contributed by atoms with Crippen molar-refractivity contribution in [1.82, 2.24) is 5.32 Å². The lowest BCUT2D eigenvalue weighted by atomic mass is 10.0. The normalized spacial score (nSPS) is 13.7. The van der Waals surface area contributed by atoms with Gasteiger partial charge in [0.1, 0.15) is 0 Å². The number of aliphatic hydroxyl groups is 2. The SMILES string of the molecule is CC/C=C\C/C=C\C/C=C\C/C=C\C/C=C\CC(=O)NC(CO)C(O)/C=C/CCCCCCCCCCCCCCCCCCCCCCCCC. The van der Waals surface area contributed by atoms with Crippen LogP contribution in [0, 0.1) is 0 Å². The summed E-state index contributed by atoms with van der Waals surface area (Å²) in [5.41, 5.74) is 0. The summed E-state index contributed by atoms with van der Waals surface area (Å²) >= 11 is 0. The Balaban J connectivity index is 3.63. The highest BCUT2D eigenvalue weighted by Gasteiger charge is 2.17. The van der Waals surface area contributed by atoms with Crippen molar-refractivity contribution in [3.8, 4) is 0 Å². The predicted octanol–water partition coefficient (Wildman–Crippen LogP) is 13.9. The van der Waals surface area contributed by atoms with Gasteiger partial charge in [-0.1, -0.05) is 228 Å². The van der Waals surface area contributed by atoms with Crippen molar-refractivity contribution in [3.05, 3.63) is 72.9 Å². The number of carbonyl (C=O) groups excluding carboxylic acids is 1. The van der Waals surface area contributed by atoms with Gasteiger partial charge in [-0.05, 0) is 44.9 Å². The highest BCUT2D eigenvalue weighted by molar-refractivity contribution is 5.77. The zero-order valence-corrected chi connectivity index (χ0v) is 34.3. The Labute approximate surface area is 323 Å². The van der Waals surface area contributed by atoms with Crippen molar-refractivity contribution < 1.29 is 15.0 Å². The maximum Gasteiger partial charge on any atom is 0.224 e. The third-order valence-electron chi connectivity index (χ3n) is 9.72. The van der Waals surface area contributed by atoms with Crippen LogP contribution in [0.25, 0.3) is 0 Å². The largest absolute Gasteiger partial charge is 0.394 e. The van der Waals surface area contributed by atoms with Crippen molar-refractivity contribution in [3.63, 3.8) is 0 Å². The first-order chi connectivity index (χ1) is 25.7. The number of carbonyl (C=O) groups is 1. The highest BCUT2D eigenvalue weighted by atomic mass is 16.3. The first kappa shape index (κ1) is 49.8. The Morgan fingerprint density at radius 2 is 0.827 bits per heavy atom. The summed E-state index contributed by atoms with van der Waals surface area (Å²) in [6.45, 7) is 4.15. The van der Waals surface area contributed by atoms with E-state index >= 15 is 0 Å². The number of rotatable bonds is 39. The fourth-order valence-corrected chi connectivity index (χ4v) is 6.36. The van der Waals surface area contributed by atoms with Gasteiger partial charge in [0, 0.05) is 6.42 Å². The van der Waals surface area contributed by atoms with Gasteiger partial charge in [-0.2, -0.15) is 0 Å². The van der Waals surface area contributed by atoms with E-state index in [4.69, 9.17) is 0 Å². The van der Waals surface area contributed by atoms with Crippen LogP contribution in [0.4, 0.5) is 0 Å². The molecule has 4 nitrogen and oxygen atoms in total. The van der Waals surface area contributed by atoms with Crippen molar-refractivity contribution in [2.45, 2.75) is 219 Å². The molecule has 0 heterocycles. The number of hydrogen-bond acceptors (Lipinski definition) is 3. The fourth-order valence-electron chi connectivity index (χ4n) is 6.36. The van der Waals surface area contributed by atoms with Crippen molar-refractivity contribution in [1.29, 1.82) is 0 Å². The third kappa shape index (κ3) is 39.0. The molecule has 0 aliphatic heterocycles. The van der Waals surface area contributed by atoms with Crippen LogP contribution >= 0.6 is 0 Å². The van der Waals surface area contributed by atoms with Crippen molar-refractivity contribution in [2.24, 2.45) is 0 Å². The molecule has 3 N–H and O–H groups in total. The lowest BCUT2D eigenvalue weighted by Gasteiger charge is -2.19. The molecular weight excluding hydrogens is 639 g/mol. The molecule has 0 saturated heterocycles. The molecule has 4 heteroatoms. The maximum absolute atomic E-state index is 12.3. The summed E-state index contributed by atoms with van der Waals surface area (Å²) in [4.78, 5) is 12.3. The van der Waals surface area contributed by atoms with Gasteiger partial charge in [0.05, 0.1) is 18.8 Å². The lowest BCUT2D eigenvalue weighted by molar-refractivity contribution is -0.122. The van der Waals surface area contributed by atoms with E-state index in [2.05, 4.69) is 67.8 Å². The number of allylic oxidation sites excluding steroid dienone is 10. The van der Waals surface area contributed by atoms with Crippen LogP contribution in [-0.2, 0) is 4.79 Å². The van der Waals surface area contributed by atoms with Gasteiger partial charge in [0.25, 0.3) is 0 Å². The average Bonchev–Trinajstić information content (AvgIpc) is 3.15. The number of amides is 1. The van der Waals surface area contributed by atoms with Gasteiger partial charge in [0.15, 0.2) is 0 Å². The van der Waals surface area contributed by atoms with E-state index in [1.165, 1.54) is 141 Å². The first-order valence-electron chi connectivity index (χ1n) is 22.2. The molecule has 0 aliphatic carbocycles. The zero-order valence-electron chi connectivity index (χ0n) is 34.3. The molecule has 0 saturated carbocycles. The van der Waals surface area contributed by atoms with Crippen LogP contribution in [0.2, 0.25) is 0 Å². The van der Waals surface area contributed by atoms with Crippen LogP contribution in [0.15, 0.2) is 72.9 Å². The minimum atomic E-state index is -0.883.